The highest BCUT2D eigenvalue weighted by Crippen LogP contribution is 2.38. The number of nitrogens with zero attached hydrogens (tertiary/aromatic N) is 1. The fraction of sp³-hybridized carbons (Fsp3) is 1.00. The lowest BCUT2D eigenvalue weighted by molar-refractivity contribution is -0.100. The molecule has 0 aromatic carbocycles. The summed E-state index contributed by atoms with van der Waals surface area (Å²) in [6, 6.07) is 0.332. The lowest BCUT2D eigenvalue weighted by Gasteiger charge is -2.43. The minimum Gasteiger partial charge on any atom is -0.394 e. The van der Waals surface area contributed by atoms with E-state index in [1.165, 1.54) is 12.8 Å². The highest BCUT2D eigenvalue weighted by Gasteiger charge is 2.35. The average molecular weight is 270 g/mol. The maximum Gasteiger partial charge on any atom is 0.0936 e. The Morgan fingerprint density at radius 1 is 1.37 bits per heavy atom. The Labute approximate surface area is 117 Å². The Balaban J connectivity index is 1.91. The zero-order chi connectivity index (χ0) is 14.0. The molecule has 3 N–H and O–H groups in total. The molecule has 1 aliphatic carbocycles. The molecule has 2 aliphatic rings. The molecule has 0 amide bonds. The molecule has 2 fully saturated rings. The van der Waals surface area contributed by atoms with Crippen molar-refractivity contribution in [2.45, 2.75) is 58.3 Å². The van der Waals surface area contributed by atoms with E-state index in [0.29, 0.717) is 17.4 Å². The lowest BCUT2D eigenvalue weighted by atomic mass is 9.70. The highest BCUT2D eigenvalue weighted by atomic mass is 16.5. The SMILES string of the molecule is CC1CN(CC2CC(C)(C)CCC2N)CC(CO)O1. The van der Waals surface area contributed by atoms with Crippen LogP contribution in [0.1, 0.15) is 40.0 Å². The van der Waals surface area contributed by atoms with Gasteiger partial charge < -0.3 is 15.6 Å². The summed E-state index contributed by atoms with van der Waals surface area (Å²) >= 11 is 0. The maximum absolute atomic E-state index is 9.29. The third-order valence-electron chi connectivity index (χ3n) is 4.67. The first kappa shape index (κ1) is 15.2. The molecule has 4 atom stereocenters. The third kappa shape index (κ3) is 4.15. The van der Waals surface area contributed by atoms with Crippen LogP contribution >= 0.6 is 0 Å². The first-order valence-corrected chi connectivity index (χ1v) is 7.64. The molecular weight excluding hydrogens is 240 g/mol. The molecule has 1 heterocycles. The average Bonchev–Trinajstić information content (AvgIpc) is 2.33. The number of ether oxygens (including phenoxy) is 1. The molecule has 0 radical (unpaired) electrons. The fourth-order valence-electron chi connectivity index (χ4n) is 3.68. The zero-order valence-electron chi connectivity index (χ0n) is 12.6. The molecule has 0 aromatic rings. The molecule has 4 heteroatoms. The summed E-state index contributed by atoms with van der Waals surface area (Å²) in [4.78, 5) is 2.43. The van der Waals surface area contributed by atoms with E-state index in [-0.39, 0.29) is 18.8 Å². The summed E-state index contributed by atoms with van der Waals surface area (Å²) in [6.45, 7) is 9.75. The Morgan fingerprint density at radius 3 is 2.79 bits per heavy atom. The van der Waals surface area contributed by atoms with Crippen LogP contribution in [0.4, 0.5) is 0 Å². The molecule has 1 aliphatic heterocycles. The van der Waals surface area contributed by atoms with Gasteiger partial charge in [-0.2, -0.15) is 0 Å². The molecule has 0 aromatic heterocycles. The summed E-state index contributed by atoms with van der Waals surface area (Å²) in [5.41, 5.74) is 6.74. The van der Waals surface area contributed by atoms with Gasteiger partial charge in [0.05, 0.1) is 18.8 Å². The van der Waals surface area contributed by atoms with Crippen LogP contribution in [0.3, 0.4) is 0 Å². The van der Waals surface area contributed by atoms with Gasteiger partial charge in [-0.1, -0.05) is 13.8 Å². The quantitative estimate of drug-likeness (QED) is 0.809. The van der Waals surface area contributed by atoms with Crippen LogP contribution in [-0.4, -0.2) is 54.5 Å². The van der Waals surface area contributed by atoms with Gasteiger partial charge in [0.25, 0.3) is 0 Å². The van der Waals surface area contributed by atoms with E-state index in [4.69, 9.17) is 10.5 Å². The van der Waals surface area contributed by atoms with Gasteiger partial charge in [0.1, 0.15) is 0 Å². The molecule has 1 saturated heterocycles. The second kappa shape index (κ2) is 6.08. The molecule has 19 heavy (non-hydrogen) atoms. The van der Waals surface area contributed by atoms with Gasteiger partial charge in [0.2, 0.25) is 0 Å². The number of hydrogen-bond donors (Lipinski definition) is 2. The molecule has 4 unspecified atom stereocenters. The standard InChI is InChI=1S/C15H30N2O2/c1-11-7-17(9-13(10-18)19-11)8-12-6-15(2,3)5-4-14(12)16/h11-14,18H,4-10,16H2,1-3H3. The fourth-order valence-corrected chi connectivity index (χ4v) is 3.68. The first-order chi connectivity index (χ1) is 8.89. The van der Waals surface area contributed by atoms with Crippen molar-refractivity contribution < 1.29 is 9.84 Å². The summed E-state index contributed by atoms with van der Waals surface area (Å²) < 4.78 is 5.70. The number of nitrogens with two attached hydrogens (primary N) is 1. The molecule has 1 saturated carbocycles. The highest BCUT2D eigenvalue weighted by molar-refractivity contribution is 4.89. The molecule has 112 valence electrons. The monoisotopic (exact) mass is 270 g/mol. The van der Waals surface area contributed by atoms with Crippen LogP contribution in [0.25, 0.3) is 0 Å². The van der Waals surface area contributed by atoms with E-state index in [0.717, 1.165) is 26.1 Å². The van der Waals surface area contributed by atoms with Crippen LogP contribution < -0.4 is 5.73 Å². The predicted molar refractivity (Wildman–Crippen MR) is 77.0 cm³/mol. The van der Waals surface area contributed by atoms with Crippen molar-refractivity contribution in [1.82, 2.24) is 4.90 Å². The summed E-state index contributed by atoms with van der Waals surface area (Å²) in [7, 11) is 0. The van der Waals surface area contributed by atoms with Crippen LogP contribution in [0.5, 0.6) is 0 Å². The number of rotatable bonds is 3. The lowest BCUT2D eigenvalue weighted by Crippen LogP contribution is -2.52. The van der Waals surface area contributed by atoms with Gasteiger partial charge >= 0.3 is 0 Å². The van der Waals surface area contributed by atoms with Gasteiger partial charge in [0, 0.05) is 25.7 Å². The number of hydrogen-bond acceptors (Lipinski definition) is 4. The van der Waals surface area contributed by atoms with Crippen LogP contribution in [-0.2, 0) is 4.74 Å². The second-order valence-electron chi connectivity index (χ2n) is 7.30. The predicted octanol–water partition coefficient (Wildman–Crippen LogP) is 1.22. The smallest absolute Gasteiger partial charge is 0.0936 e. The van der Waals surface area contributed by atoms with Crippen molar-refractivity contribution in [2.24, 2.45) is 17.1 Å². The van der Waals surface area contributed by atoms with Crippen LogP contribution in [0, 0.1) is 11.3 Å². The van der Waals surface area contributed by atoms with Crippen molar-refractivity contribution >= 4 is 0 Å². The van der Waals surface area contributed by atoms with E-state index in [1.807, 2.05) is 0 Å². The van der Waals surface area contributed by atoms with Crippen molar-refractivity contribution in [3.63, 3.8) is 0 Å². The Hall–Kier alpha value is -0.160. The topological polar surface area (TPSA) is 58.7 Å². The van der Waals surface area contributed by atoms with E-state index < -0.39 is 0 Å². The van der Waals surface area contributed by atoms with E-state index >= 15 is 0 Å². The van der Waals surface area contributed by atoms with Gasteiger partial charge in [-0.25, -0.2) is 0 Å². The van der Waals surface area contributed by atoms with Crippen molar-refractivity contribution in [3.8, 4) is 0 Å². The molecular formula is C15H30N2O2. The molecule has 0 spiro atoms. The Morgan fingerprint density at radius 2 is 2.11 bits per heavy atom. The number of aliphatic hydroxyl groups is 1. The minimum absolute atomic E-state index is 0.0309. The molecule has 0 bridgehead atoms. The van der Waals surface area contributed by atoms with Crippen LogP contribution in [0.15, 0.2) is 0 Å². The zero-order valence-corrected chi connectivity index (χ0v) is 12.6. The first-order valence-electron chi connectivity index (χ1n) is 7.64. The Kier molecular flexibility index (Phi) is 4.88. The minimum atomic E-state index is -0.0309. The normalized spacial score (nSPS) is 40.3. The molecule has 2 rings (SSSR count). The number of aliphatic hydroxyl groups excluding tert-OH is 1. The van der Waals surface area contributed by atoms with Crippen LogP contribution in [0.2, 0.25) is 0 Å². The third-order valence-corrected chi connectivity index (χ3v) is 4.67. The Bertz CT molecular complexity index is 296. The van der Waals surface area contributed by atoms with Crippen molar-refractivity contribution in [3.05, 3.63) is 0 Å². The van der Waals surface area contributed by atoms with Gasteiger partial charge in [0.15, 0.2) is 0 Å². The van der Waals surface area contributed by atoms with E-state index in [2.05, 4.69) is 25.7 Å². The van der Waals surface area contributed by atoms with Crippen molar-refractivity contribution in [2.75, 3.05) is 26.2 Å². The van der Waals surface area contributed by atoms with Gasteiger partial charge in [-0.15, -0.1) is 0 Å². The van der Waals surface area contributed by atoms with E-state index in [1.54, 1.807) is 0 Å². The summed E-state index contributed by atoms with van der Waals surface area (Å²) in [5, 5.41) is 9.29. The second-order valence-corrected chi connectivity index (χ2v) is 7.30. The van der Waals surface area contributed by atoms with Crippen molar-refractivity contribution in [1.29, 1.82) is 0 Å². The van der Waals surface area contributed by atoms with Gasteiger partial charge in [-0.3, -0.25) is 4.90 Å². The largest absolute Gasteiger partial charge is 0.394 e. The number of morpholine rings is 1. The summed E-state index contributed by atoms with van der Waals surface area (Å²) in [5.74, 6) is 0.577. The van der Waals surface area contributed by atoms with E-state index in [9.17, 15) is 5.11 Å². The molecule has 4 nitrogen and oxygen atoms in total. The maximum atomic E-state index is 9.29. The van der Waals surface area contributed by atoms with Gasteiger partial charge in [-0.05, 0) is 37.5 Å². The summed E-state index contributed by atoms with van der Waals surface area (Å²) in [6.07, 6.45) is 3.77.